The van der Waals surface area contributed by atoms with E-state index < -0.39 is 11.0 Å². The maximum atomic E-state index is 13.3. The fourth-order valence-corrected chi connectivity index (χ4v) is 5.01. The normalized spacial score (nSPS) is 23.3. The molecule has 158 valence electrons. The topological polar surface area (TPSA) is 87.0 Å². The highest BCUT2D eigenvalue weighted by molar-refractivity contribution is 8.26. The van der Waals surface area contributed by atoms with Gasteiger partial charge >= 0.3 is 0 Å². The lowest BCUT2D eigenvalue weighted by atomic mass is 10.1. The number of nitro benzene ring substituents is 1. The van der Waals surface area contributed by atoms with Gasteiger partial charge in [0.15, 0.2) is 0 Å². The van der Waals surface area contributed by atoms with Gasteiger partial charge in [-0.05, 0) is 30.7 Å². The molecule has 10 heteroatoms. The van der Waals surface area contributed by atoms with Crippen LogP contribution in [0.15, 0.2) is 59.5 Å². The highest BCUT2D eigenvalue weighted by atomic mass is 32.2. The number of non-ortho nitro benzene ring substituents is 1. The van der Waals surface area contributed by atoms with E-state index in [4.69, 9.17) is 12.2 Å². The molecule has 2 aliphatic rings. The summed E-state index contributed by atoms with van der Waals surface area (Å²) in [7, 11) is 1.80. The number of likely N-dealkylation sites (N-methyl/N-ethyl adjacent to an activating group) is 1. The Hall–Kier alpha value is -3.08. The van der Waals surface area contributed by atoms with Crippen LogP contribution in [0.25, 0.3) is 6.08 Å². The summed E-state index contributed by atoms with van der Waals surface area (Å²) in [5, 5.41) is 14.4. The first-order valence-corrected chi connectivity index (χ1v) is 10.7. The maximum Gasteiger partial charge on any atom is 0.270 e. The average Bonchev–Trinajstić information content (AvgIpc) is 3.14. The Labute approximate surface area is 188 Å². The van der Waals surface area contributed by atoms with E-state index >= 15 is 0 Å². The van der Waals surface area contributed by atoms with Gasteiger partial charge in [-0.2, -0.15) is 0 Å². The Morgan fingerprint density at radius 3 is 2.52 bits per heavy atom. The number of amides is 2. The van der Waals surface area contributed by atoms with Gasteiger partial charge in [0, 0.05) is 19.2 Å². The molecular formula is C21H18N4O4S2. The van der Waals surface area contributed by atoms with Crippen molar-refractivity contribution < 1.29 is 14.5 Å². The lowest BCUT2D eigenvalue weighted by Crippen LogP contribution is -2.48. The van der Waals surface area contributed by atoms with Crippen molar-refractivity contribution in [2.24, 2.45) is 0 Å². The number of carbonyl (C=O) groups excluding carboxylic acids is 2. The van der Waals surface area contributed by atoms with Crippen molar-refractivity contribution in [3.05, 3.63) is 75.2 Å². The van der Waals surface area contributed by atoms with Crippen molar-refractivity contribution in [2.45, 2.75) is 19.0 Å². The molecule has 0 unspecified atom stereocenters. The van der Waals surface area contributed by atoms with Crippen LogP contribution in [0.3, 0.4) is 0 Å². The van der Waals surface area contributed by atoms with Gasteiger partial charge < -0.3 is 0 Å². The van der Waals surface area contributed by atoms with Gasteiger partial charge in [0.25, 0.3) is 17.5 Å². The van der Waals surface area contributed by atoms with E-state index in [1.165, 1.54) is 17.0 Å². The molecule has 0 spiro atoms. The minimum Gasteiger partial charge on any atom is -0.278 e. The molecule has 0 saturated carbocycles. The molecule has 0 aliphatic carbocycles. The summed E-state index contributed by atoms with van der Waals surface area (Å²) in [6.45, 7) is 1.87. The predicted octanol–water partition coefficient (Wildman–Crippen LogP) is 3.45. The molecular weight excluding hydrogens is 436 g/mol. The number of rotatable bonds is 4. The van der Waals surface area contributed by atoms with Crippen LogP contribution in [0.2, 0.25) is 0 Å². The van der Waals surface area contributed by atoms with Gasteiger partial charge in [-0.1, -0.05) is 54.3 Å². The summed E-state index contributed by atoms with van der Waals surface area (Å²) in [5.74, 6) is -0.621. The van der Waals surface area contributed by atoms with Crippen molar-refractivity contribution in [3.8, 4) is 0 Å². The molecule has 31 heavy (non-hydrogen) atoms. The van der Waals surface area contributed by atoms with Crippen LogP contribution >= 0.6 is 24.0 Å². The molecule has 2 saturated heterocycles. The molecule has 4 rings (SSSR count). The third-order valence-corrected chi connectivity index (χ3v) is 6.64. The lowest BCUT2D eigenvalue weighted by Gasteiger charge is -2.26. The van der Waals surface area contributed by atoms with Crippen LogP contribution in [0, 0.1) is 10.1 Å². The quantitative estimate of drug-likeness (QED) is 0.303. The zero-order chi connectivity index (χ0) is 22.3. The number of nitrogens with zero attached hydrogens (tertiary/aromatic N) is 4. The van der Waals surface area contributed by atoms with E-state index in [0.717, 1.165) is 11.8 Å². The van der Waals surface area contributed by atoms with E-state index in [9.17, 15) is 19.7 Å². The van der Waals surface area contributed by atoms with Gasteiger partial charge in [0.2, 0.25) is 0 Å². The number of thioether (sulfide) groups is 1. The van der Waals surface area contributed by atoms with E-state index in [2.05, 4.69) is 0 Å². The fraction of sp³-hybridized carbons (Fsp3) is 0.190. The number of nitro groups is 1. The van der Waals surface area contributed by atoms with Crippen LogP contribution < -0.4 is 5.01 Å². The van der Waals surface area contributed by atoms with Gasteiger partial charge in [-0.15, -0.1) is 0 Å². The summed E-state index contributed by atoms with van der Waals surface area (Å²) >= 11 is 6.53. The molecule has 2 aromatic rings. The number of benzene rings is 2. The van der Waals surface area contributed by atoms with Crippen molar-refractivity contribution in [1.82, 2.24) is 9.91 Å². The number of carbonyl (C=O) groups is 2. The largest absolute Gasteiger partial charge is 0.278 e. The highest BCUT2D eigenvalue weighted by Gasteiger charge is 2.51. The smallest absolute Gasteiger partial charge is 0.270 e. The molecule has 0 N–H and O–H groups in total. The summed E-state index contributed by atoms with van der Waals surface area (Å²) in [4.78, 5) is 38.7. The minimum atomic E-state index is -0.770. The van der Waals surface area contributed by atoms with Gasteiger partial charge in [0.1, 0.15) is 10.4 Å². The predicted molar refractivity (Wildman–Crippen MR) is 123 cm³/mol. The van der Waals surface area contributed by atoms with E-state index in [-0.39, 0.29) is 27.9 Å². The maximum absolute atomic E-state index is 13.3. The zero-order valence-corrected chi connectivity index (χ0v) is 18.3. The summed E-state index contributed by atoms with van der Waals surface area (Å²) in [6.07, 6.45) is 1.56. The fourth-order valence-electron chi connectivity index (χ4n) is 3.68. The molecule has 0 bridgehead atoms. The summed E-state index contributed by atoms with van der Waals surface area (Å²) in [6, 6.07) is 14.1. The second-order valence-electron chi connectivity index (χ2n) is 7.15. The summed E-state index contributed by atoms with van der Waals surface area (Å²) in [5.41, 5.74) is 1.16. The number of hydrogen-bond donors (Lipinski definition) is 0. The average molecular weight is 455 g/mol. The molecule has 8 nitrogen and oxygen atoms in total. The number of para-hydroxylation sites is 1. The second-order valence-corrected chi connectivity index (χ2v) is 8.82. The van der Waals surface area contributed by atoms with Crippen LogP contribution in [-0.4, -0.2) is 50.1 Å². The zero-order valence-electron chi connectivity index (χ0n) is 16.7. The Balaban J connectivity index is 1.64. The number of hydrazine groups is 1. The van der Waals surface area contributed by atoms with Crippen molar-refractivity contribution in [1.29, 1.82) is 0 Å². The lowest BCUT2D eigenvalue weighted by molar-refractivity contribution is -0.384. The van der Waals surface area contributed by atoms with E-state index in [1.807, 2.05) is 37.3 Å². The first-order valence-electron chi connectivity index (χ1n) is 9.43. The Morgan fingerprint density at radius 1 is 1.13 bits per heavy atom. The van der Waals surface area contributed by atoms with E-state index in [1.54, 1.807) is 35.3 Å². The third kappa shape index (κ3) is 3.73. The Bertz CT molecular complexity index is 1120. The Kier molecular flexibility index (Phi) is 5.61. The number of anilines is 1. The molecule has 0 radical (unpaired) electrons. The third-order valence-electron chi connectivity index (χ3n) is 5.30. The molecule has 2 heterocycles. The molecule has 0 aromatic heterocycles. The minimum absolute atomic E-state index is 0.0658. The molecule has 2 atom stereocenters. The standard InChI is InChI=1S/C21H18N4O4S2/c1-13-18(20(27)24(22(13)2)15-8-4-3-5-9-15)23-19(26)17(31-21(23)30)12-14-7-6-10-16(11-14)25(28)29/h3-13,18H,1-2H3/b17-12-/t13-,18-/m0/s1. The molecule has 2 aromatic carbocycles. The monoisotopic (exact) mass is 454 g/mol. The summed E-state index contributed by atoms with van der Waals surface area (Å²) < 4.78 is 0.287. The van der Waals surface area contributed by atoms with Gasteiger partial charge in [-0.25, -0.2) is 10.0 Å². The van der Waals surface area contributed by atoms with Crippen LogP contribution in [0.1, 0.15) is 12.5 Å². The van der Waals surface area contributed by atoms with Crippen LogP contribution in [0.4, 0.5) is 11.4 Å². The highest BCUT2D eigenvalue weighted by Crippen LogP contribution is 2.38. The SMILES string of the molecule is C[C@H]1[C@H](N2C(=O)/C(=C/c3cccc([N+](=O)[O-])c3)SC2=S)C(=O)N(c2ccccc2)N1C. The Morgan fingerprint density at radius 2 is 1.84 bits per heavy atom. The first-order chi connectivity index (χ1) is 14.8. The van der Waals surface area contributed by atoms with Crippen LogP contribution in [-0.2, 0) is 9.59 Å². The van der Waals surface area contributed by atoms with Gasteiger partial charge in [0.05, 0.1) is 21.6 Å². The second kappa shape index (κ2) is 8.22. The van der Waals surface area contributed by atoms with Crippen molar-refractivity contribution in [2.75, 3.05) is 12.1 Å². The molecule has 2 aliphatic heterocycles. The molecule has 2 amide bonds. The first kappa shape index (κ1) is 21.2. The van der Waals surface area contributed by atoms with Crippen molar-refractivity contribution >= 4 is 57.6 Å². The number of thiocarbonyl (C=S) groups is 1. The number of hydrogen-bond acceptors (Lipinski definition) is 7. The van der Waals surface area contributed by atoms with Crippen molar-refractivity contribution in [3.63, 3.8) is 0 Å². The van der Waals surface area contributed by atoms with Crippen LogP contribution in [0.5, 0.6) is 0 Å². The van der Waals surface area contributed by atoms with E-state index in [0.29, 0.717) is 16.2 Å². The molecule has 2 fully saturated rings. The van der Waals surface area contributed by atoms with Gasteiger partial charge in [-0.3, -0.25) is 24.6 Å².